The fraction of sp³-hybridized carbons (Fsp3) is 0.0667. The van der Waals surface area contributed by atoms with Gasteiger partial charge in [0.2, 0.25) is 0 Å². The highest BCUT2D eigenvalue weighted by Crippen LogP contribution is 2.17. The number of hydrogen-bond donors (Lipinski definition) is 2. The summed E-state index contributed by atoms with van der Waals surface area (Å²) in [6, 6.07) is 12.4. The Kier molecular flexibility index (Phi) is 3.96. The summed E-state index contributed by atoms with van der Waals surface area (Å²) in [7, 11) is 0. The van der Waals surface area contributed by atoms with E-state index >= 15 is 0 Å². The SMILES string of the molecule is N#Cc1ccc(CNc2cc(C(=O)O)ccc2F)cc1. The molecule has 4 nitrogen and oxygen atoms in total. The molecule has 0 fully saturated rings. The second-order valence-corrected chi connectivity index (χ2v) is 4.16. The Labute approximate surface area is 115 Å². The third-order valence-electron chi connectivity index (χ3n) is 2.78. The monoisotopic (exact) mass is 270 g/mol. The highest BCUT2D eigenvalue weighted by atomic mass is 19.1. The van der Waals surface area contributed by atoms with Gasteiger partial charge in [0, 0.05) is 6.54 Å². The molecule has 0 saturated carbocycles. The molecule has 2 aromatic rings. The molecule has 5 heteroatoms. The number of halogens is 1. The molecule has 0 bridgehead atoms. The Morgan fingerprint density at radius 3 is 2.55 bits per heavy atom. The molecule has 0 aliphatic rings. The van der Waals surface area contributed by atoms with Crippen LogP contribution in [0.2, 0.25) is 0 Å². The van der Waals surface area contributed by atoms with E-state index in [-0.39, 0.29) is 11.3 Å². The van der Waals surface area contributed by atoms with E-state index in [1.54, 1.807) is 24.3 Å². The lowest BCUT2D eigenvalue weighted by atomic mass is 10.1. The molecule has 100 valence electrons. The molecule has 0 radical (unpaired) electrons. The number of nitriles is 1. The van der Waals surface area contributed by atoms with Crippen LogP contribution >= 0.6 is 0 Å². The molecule has 0 amide bonds. The summed E-state index contributed by atoms with van der Waals surface area (Å²) in [6.45, 7) is 0.339. The van der Waals surface area contributed by atoms with Crippen molar-refractivity contribution in [3.8, 4) is 6.07 Å². The van der Waals surface area contributed by atoms with Crippen molar-refractivity contribution in [2.75, 3.05) is 5.32 Å². The lowest BCUT2D eigenvalue weighted by Gasteiger charge is -2.08. The second kappa shape index (κ2) is 5.85. The minimum Gasteiger partial charge on any atom is -0.478 e. The Balaban J connectivity index is 2.12. The van der Waals surface area contributed by atoms with E-state index in [1.165, 1.54) is 12.1 Å². The van der Waals surface area contributed by atoms with Crippen molar-refractivity contribution in [1.82, 2.24) is 0 Å². The molecule has 0 heterocycles. The van der Waals surface area contributed by atoms with Crippen LogP contribution in [0.4, 0.5) is 10.1 Å². The van der Waals surface area contributed by atoms with Gasteiger partial charge in [0.1, 0.15) is 5.82 Å². The molecule has 0 aromatic heterocycles. The zero-order chi connectivity index (χ0) is 14.5. The second-order valence-electron chi connectivity index (χ2n) is 4.16. The molecule has 2 rings (SSSR count). The molecule has 0 atom stereocenters. The van der Waals surface area contributed by atoms with Crippen molar-refractivity contribution in [1.29, 1.82) is 5.26 Å². The fourth-order valence-electron chi connectivity index (χ4n) is 1.69. The number of aromatic carboxylic acids is 1. The van der Waals surface area contributed by atoms with Crippen molar-refractivity contribution >= 4 is 11.7 Å². The minimum atomic E-state index is -1.11. The molecule has 0 aliphatic heterocycles. The standard InChI is InChI=1S/C15H11FN2O2/c16-13-6-5-12(15(19)20)7-14(13)18-9-11-3-1-10(8-17)2-4-11/h1-7,18H,9H2,(H,19,20). The minimum absolute atomic E-state index is 0.0220. The van der Waals surface area contributed by atoms with E-state index in [9.17, 15) is 9.18 Å². The number of nitrogens with zero attached hydrogens (tertiary/aromatic N) is 1. The van der Waals surface area contributed by atoms with Gasteiger partial charge in [-0.1, -0.05) is 12.1 Å². The maximum atomic E-state index is 13.6. The number of carboxylic acid groups (broad SMARTS) is 1. The van der Waals surface area contributed by atoms with Gasteiger partial charge in [-0.3, -0.25) is 0 Å². The number of nitrogens with one attached hydrogen (secondary N) is 1. The highest BCUT2D eigenvalue weighted by molar-refractivity contribution is 5.88. The summed E-state index contributed by atoms with van der Waals surface area (Å²) in [5, 5.41) is 20.4. The number of carboxylic acids is 1. The third-order valence-corrected chi connectivity index (χ3v) is 2.78. The summed E-state index contributed by atoms with van der Waals surface area (Å²) in [4.78, 5) is 10.8. The average molecular weight is 270 g/mol. The smallest absolute Gasteiger partial charge is 0.335 e. The molecular formula is C15H11FN2O2. The maximum Gasteiger partial charge on any atom is 0.335 e. The Hall–Kier alpha value is -2.87. The predicted molar refractivity (Wildman–Crippen MR) is 71.8 cm³/mol. The van der Waals surface area contributed by atoms with Gasteiger partial charge in [-0.25, -0.2) is 9.18 Å². The highest BCUT2D eigenvalue weighted by Gasteiger charge is 2.08. The molecule has 2 N–H and O–H groups in total. The van der Waals surface area contributed by atoms with Crippen LogP contribution in [0, 0.1) is 17.1 Å². The molecular weight excluding hydrogens is 259 g/mol. The van der Waals surface area contributed by atoms with E-state index in [4.69, 9.17) is 10.4 Å². The first-order valence-corrected chi connectivity index (χ1v) is 5.86. The Bertz CT molecular complexity index is 675. The summed E-state index contributed by atoms with van der Waals surface area (Å²) in [6.07, 6.45) is 0. The fourth-order valence-corrected chi connectivity index (χ4v) is 1.69. The number of benzene rings is 2. The largest absolute Gasteiger partial charge is 0.478 e. The van der Waals surface area contributed by atoms with Crippen molar-refractivity contribution in [2.45, 2.75) is 6.54 Å². The van der Waals surface area contributed by atoms with Crippen molar-refractivity contribution in [3.63, 3.8) is 0 Å². The number of anilines is 1. The topological polar surface area (TPSA) is 73.1 Å². The van der Waals surface area contributed by atoms with Crippen LogP contribution in [0.1, 0.15) is 21.5 Å². The van der Waals surface area contributed by atoms with Gasteiger partial charge in [0.05, 0.1) is 22.9 Å². The van der Waals surface area contributed by atoms with E-state index in [1.807, 2.05) is 6.07 Å². The van der Waals surface area contributed by atoms with Gasteiger partial charge < -0.3 is 10.4 Å². The lowest BCUT2D eigenvalue weighted by molar-refractivity contribution is 0.0697. The van der Waals surface area contributed by atoms with Crippen molar-refractivity contribution < 1.29 is 14.3 Å². The number of rotatable bonds is 4. The molecule has 20 heavy (non-hydrogen) atoms. The molecule has 0 unspecified atom stereocenters. The normalized spacial score (nSPS) is 9.80. The van der Waals surface area contributed by atoms with Crippen LogP contribution in [-0.4, -0.2) is 11.1 Å². The maximum absolute atomic E-state index is 13.6. The van der Waals surface area contributed by atoms with E-state index in [2.05, 4.69) is 5.32 Å². The lowest BCUT2D eigenvalue weighted by Crippen LogP contribution is -2.04. The average Bonchev–Trinajstić information content (AvgIpc) is 2.46. The first-order valence-electron chi connectivity index (χ1n) is 5.86. The Morgan fingerprint density at radius 1 is 1.25 bits per heavy atom. The van der Waals surface area contributed by atoms with Gasteiger partial charge >= 0.3 is 5.97 Å². The predicted octanol–water partition coefficient (Wildman–Crippen LogP) is 3.01. The van der Waals surface area contributed by atoms with Crippen LogP contribution in [0.25, 0.3) is 0 Å². The van der Waals surface area contributed by atoms with Crippen LogP contribution in [0.15, 0.2) is 42.5 Å². The Morgan fingerprint density at radius 2 is 1.95 bits per heavy atom. The molecule has 2 aromatic carbocycles. The summed E-state index contributed by atoms with van der Waals surface area (Å²) >= 11 is 0. The summed E-state index contributed by atoms with van der Waals surface area (Å²) in [5.74, 6) is -1.62. The van der Waals surface area contributed by atoms with E-state index in [0.29, 0.717) is 12.1 Å². The molecule has 0 aliphatic carbocycles. The number of carbonyl (C=O) groups is 1. The number of hydrogen-bond acceptors (Lipinski definition) is 3. The zero-order valence-corrected chi connectivity index (χ0v) is 10.4. The third kappa shape index (κ3) is 3.12. The van der Waals surface area contributed by atoms with Crippen molar-refractivity contribution in [3.05, 3.63) is 65.0 Å². The van der Waals surface area contributed by atoms with Gasteiger partial charge in [-0.2, -0.15) is 5.26 Å². The van der Waals surface area contributed by atoms with Gasteiger partial charge in [-0.15, -0.1) is 0 Å². The van der Waals surface area contributed by atoms with E-state index < -0.39 is 11.8 Å². The first-order chi connectivity index (χ1) is 9.60. The summed E-state index contributed by atoms with van der Waals surface area (Å²) in [5.41, 5.74) is 1.57. The zero-order valence-electron chi connectivity index (χ0n) is 10.4. The summed E-state index contributed by atoms with van der Waals surface area (Å²) < 4.78 is 13.6. The van der Waals surface area contributed by atoms with Crippen LogP contribution in [-0.2, 0) is 6.54 Å². The van der Waals surface area contributed by atoms with Crippen LogP contribution in [0.3, 0.4) is 0 Å². The quantitative estimate of drug-likeness (QED) is 0.895. The van der Waals surface area contributed by atoms with Gasteiger partial charge in [-0.05, 0) is 35.9 Å². The van der Waals surface area contributed by atoms with Gasteiger partial charge in [0.25, 0.3) is 0 Å². The van der Waals surface area contributed by atoms with Crippen molar-refractivity contribution in [2.24, 2.45) is 0 Å². The van der Waals surface area contributed by atoms with Crippen LogP contribution in [0.5, 0.6) is 0 Å². The van der Waals surface area contributed by atoms with Gasteiger partial charge in [0.15, 0.2) is 0 Å². The molecule has 0 spiro atoms. The van der Waals surface area contributed by atoms with Crippen LogP contribution < -0.4 is 5.32 Å². The van der Waals surface area contributed by atoms with E-state index in [0.717, 1.165) is 11.6 Å². The first kappa shape index (κ1) is 13.6. The molecule has 0 saturated heterocycles.